The molecule has 0 atom stereocenters. The highest BCUT2D eigenvalue weighted by Crippen LogP contribution is 2.10. The van der Waals surface area contributed by atoms with Crippen LogP contribution in [0.1, 0.15) is 60.8 Å². The molecule has 6 heteroatoms. The molecule has 0 radical (unpaired) electrons. The standard InChI is InChI=1S/C21H45N5O/c1-17(2)26(18(3)4)12-8-11-23-21(22-7)24-20-9-13-25(14-10-20)15-16-27-19(5)6/h17-20H,8-16H2,1-7H3,(H2,22,23,24). The molecule has 0 aliphatic carbocycles. The van der Waals surface area contributed by atoms with Gasteiger partial charge in [-0.1, -0.05) is 0 Å². The third kappa shape index (κ3) is 10.3. The van der Waals surface area contributed by atoms with Crippen LogP contribution < -0.4 is 10.6 Å². The molecule has 1 aliphatic rings. The number of hydrogen-bond donors (Lipinski definition) is 2. The summed E-state index contributed by atoms with van der Waals surface area (Å²) in [6, 6.07) is 1.71. The fourth-order valence-electron chi connectivity index (χ4n) is 3.69. The van der Waals surface area contributed by atoms with Crippen LogP contribution >= 0.6 is 0 Å². The minimum atomic E-state index is 0.326. The smallest absolute Gasteiger partial charge is 0.191 e. The molecule has 0 amide bonds. The van der Waals surface area contributed by atoms with E-state index in [4.69, 9.17) is 4.74 Å². The van der Waals surface area contributed by atoms with E-state index in [0.29, 0.717) is 24.2 Å². The summed E-state index contributed by atoms with van der Waals surface area (Å²) in [5.74, 6) is 0.942. The predicted molar refractivity (Wildman–Crippen MR) is 117 cm³/mol. The van der Waals surface area contributed by atoms with Gasteiger partial charge in [0.15, 0.2) is 5.96 Å². The lowest BCUT2D eigenvalue weighted by atomic mass is 10.1. The van der Waals surface area contributed by atoms with Crippen LogP contribution in [0.2, 0.25) is 0 Å². The maximum Gasteiger partial charge on any atom is 0.191 e. The van der Waals surface area contributed by atoms with Gasteiger partial charge in [-0.15, -0.1) is 0 Å². The average molecular weight is 384 g/mol. The Bertz CT molecular complexity index is 395. The molecule has 0 saturated carbocycles. The van der Waals surface area contributed by atoms with Crippen molar-refractivity contribution in [3.8, 4) is 0 Å². The average Bonchev–Trinajstić information content (AvgIpc) is 2.60. The summed E-state index contributed by atoms with van der Waals surface area (Å²) in [4.78, 5) is 9.45. The number of piperidine rings is 1. The molecule has 1 rings (SSSR count). The van der Waals surface area contributed by atoms with Crippen molar-refractivity contribution in [2.45, 2.75) is 85.0 Å². The van der Waals surface area contributed by atoms with E-state index < -0.39 is 0 Å². The highest BCUT2D eigenvalue weighted by molar-refractivity contribution is 5.79. The van der Waals surface area contributed by atoms with E-state index >= 15 is 0 Å². The highest BCUT2D eigenvalue weighted by atomic mass is 16.5. The normalized spacial score (nSPS) is 17.5. The zero-order valence-electron chi connectivity index (χ0n) is 18.9. The third-order valence-electron chi connectivity index (χ3n) is 5.22. The van der Waals surface area contributed by atoms with Crippen LogP contribution in [0.15, 0.2) is 4.99 Å². The Labute approximate surface area is 168 Å². The van der Waals surface area contributed by atoms with Gasteiger partial charge in [0.2, 0.25) is 0 Å². The first kappa shape index (κ1) is 24.2. The molecule has 0 spiro atoms. The molecule has 0 aromatic heterocycles. The van der Waals surface area contributed by atoms with Gasteiger partial charge in [-0.3, -0.25) is 9.89 Å². The van der Waals surface area contributed by atoms with Crippen LogP contribution in [0.5, 0.6) is 0 Å². The van der Waals surface area contributed by atoms with Crippen LogP contribution in [-0.2, 0) is 4.74 Å². The summed E-state index contributed by atoms with van der Waals surface area (Å²) in [6.07, 6.45) is 3.78. The van der Waals surface area contributed by atoms with Crippen molar-refractivity contribution in [1.82, 2.24) is 20.4 Å². The summed E-state index contributed by atoms with van der Waals surface area (Å²) in [7, 11) is 1.86. The molecule has 0 aromatic rings. The van der Waals surface area contributed by atoms with Crippen LogP contribution in [0.3, 0.4) is 0 Å². The van der Waals surface area contributed by atoms with Crippen molar-refractivity contribution in [3.05, 3.63) is 0 Å². The lowest BCUT2D eigenvalue weighted by molar-refractivity contribution is 0.0532. The Balaban J connectivity index is 2.21. The Morgan fingerprint density at radius 1 is 1.11 bits per heavy atom. The van der Waals surface area contributed by atoms with E-state index in [0.717, 1.165) is 64.6 Å². The summed E-state index contributed by atoms with van der Waals surface area (Å²) in [6.45, 7) is 19.5. The molecular formula is C21H45N5O. The Morgan fingerprint density at radius 3 is 2.26 bits per heavy atom. The quantitative estimate of drug-likeness (QED) is 0.326. The summed E-state index contributed by atoms with van der Waals surface area (Å²) < 4.78 is 5.66. The molecule has 1 aliphatic heterocycles. The number of likely N-dealkylation sites (tertiary alicyclic amines) is 1. The largest absolute Gasteiger partial charge is 0.377 e. The molecule has 1 saturated heterocycles. The molecule has 2 N–H and O–H groups in total. The molecule has 0 aromatic carbocycles. The fourth-order valence-corrected chi connectivity index (χ4v) is 3.69. The first-order valence-electron chi connectivity index (χ1n) is 10.9. The van der Waals surface area contributed by atoms with E-state index in [1.165, 1.54) is 0 Å². The van der Waals surface area contributed by atoms with Crippen molar-refractivity contribution in [2.75, 3.05) is 46.4 Å². The fraction of sp³-hybridized carbons (Fsp3) is 0.952. The predicted octanol–water partition coefficient (Wildman–Crippen LogP) is 2.55. The molecule has 1 heterocycles. The van der Waals surface area contributed by atoms with Crippen molar-refractivity contribution in [1.29, 1.82) is 0 Å². The first-order valence-corrected chi connectivity index (χ1v) is 10.9. The Morgan fingerprint density at radius 2 is 1.74 bits per heavy atom. The molecule has 0 unspecified atom stereocenters. The SMILES string of the molecule is CN=C(NCCCN(C(C)C)C(C)C)NC1CCN(CCOC(C)C)CC1. The maximum atomic E-state index is 5.66. The van der Waals surface area contributed by atoms with Crippen molar-refractivity contribution < 1.29 is 4.74 Å². The molecule has 6 nitrogen and oxygen atoms in total. The number of hydrogen-bond acceptors (Lipinski definition) is 4. The second kappa shape index (κ2) is 13.3. The number of rotatable bonds is 11. The van der Waals surface area contributed by atoms with E-state index in [1.807, 2.05) is 7.05 Å². The van der Waals surface area contributed by atoms with Gasteiger partial charge >= 0.3 is 0 Å². The lowest BCUT2D eigenvalue weighted by Gasteiger charge is -2.33. The Hall–Kier alpha value is -0.850. The van der Waals surface area contributed by atoms with E-state index in [9.17, 15) is 0 Å². The van der Waals surface area contributed by atoms with Crippen LogP contribution in [0.25, 0.3) is 0 Å². The topological polar surface area (TPSA) is 52.1 Å². The molecule has 160 valence electrons. The van der Waals surface area contributed by atoms with Crippen LogP contribution in [0, 0.1) is 0 Å². The lowest BCUT2D eigenvalue weighted by Crippen LogP contribution is -2.49. The number of ether oxygens (including phenoxy) is 1. The van der Waals surface area contributed by atoms with Gasteiger partial charge in [0.25, 0.3) is 0 Å². The monoisotopic (exact) mass is 383 g/mol. The first-order chi connectivity index (χ1) is 12.8. The van der Waals surface area contributed by atoms with Gasteiger partial charge < -0.3 is 20.3 Å². The van der Waals surface area contributed by atoms with Gasteiger partial charge in [-0.05, 0) is 60.8 Å². The molecule has 1 fully saturated rings. The number of nitrogens with one attached hydrogen (secondary N) is 2. The summed E-state index contributed by atoms with van der Waals surface area (Å²) >= 11 is 0. The Kier molecular flexibility index (Phi) is 12.0. The summed E-state index contributed by atoms with van der Waals surface area (Å²) in [5.41, 5.74) is 0. The second-order valence-corrected chi connectivity index (χ2v) is 8.46. The van der Waals surface area contributed by atoms with E-state index in [1.54, 1.807) is 0 Å². The molecular weight excluding hydrogens is 338 g/mol. The highest BCUT2D eigenvalue weighted by Gasteiger charge is 2.20. The maximum absolute atomic E-state index is 5.66. The zero-order valence-corrected chi connectivity index (χ0v) is 18.9. The minimum absolute atomic E-state index is 0.326. The third-order valence-corrected chi connectivity index (χ3v) is 5.22. The second-order valence-electron chi connectivity index (χ2n) is 8.46. The molecule has 0 bridgehead atoms. The van der Waals surface area contributed by atoms with Crippen LogP contribution in [0.4, 0.5) is 0 Å². The van der Waals surface area contributed by atoms with Gasteiger partial charge in [-0.2, -0.15) is 0 Å². The van der Waals surface area contributed by atoms with E-state index in [-0.39, 0.29) is 0 Å². The van der Waals surface area contributed by atoms with Crippen molar-refractivity contribution in [3.63, 3.8) is 0 Å². The molecule has 27 heavy (non-hydrogen) atoms. The number of guanidine groups is 1. The van der Waals surface area contributed by atoms with Gasteiger partial charge in [-0.25, -0.2) is 0 Å². The van der Waals surface area contributed by atoms with Gasteiger partial charge in [0.05, 0.1) is 12.7 Å². The number of nitrogens with zero attached hydrogens (tertiary/aromatic N) is 3. The number of aliphatic imine (C=N–C) groups is 1. The summed E-state index contributed by atoms with van der Waals surface area (Å²) in [5, 5.41) is 7.09. The zero-order chi connectivity index (χ0) is 20.2. The minimum Gasteiger partial charge on any atom is -0.377 e. The van der Waals surface area contributed by atoms with Gasteiger partial charge in [0.1, 0.15) is 0 Å². The van der Waals surface area contributed by atoms with Crippen LogP contribution in [-0.4, -0.2) is 86.4 Å². The van der Waals surface area contributed by atoms with E-state index in [2.05, 4.69) is 67.0 Å². The van der Waals surface area contributed by atoms with Crippen molar-refractivity contribution >= 4 is 5.96 Å². The van der Waals surface area contributed by atoms with Gasteiger partial charge in [0, 0.05) is 57.9 Å². The van der Waals surface area contributed by atoms with Crippen molar-refractivity contribution in [2.24, 2.45) is 4.99 Å².